The van der Waals surface area contributed by atoms with Crippen molar-refractivity contribution in [1.29, 1.82) is 0 Å². The molecule has 2 heterocycles. The highest BCUT2D eigenvalue weighted by Gasteiger charge is 2.40. The number of aromatic nitrogens is 3. The summed E-state index contributed by atoms with van der Waals surface area (Å²) in [6.45, 7) is 5.51. The number of ether oxygens (including phenoxy) is 1. The number of benzene rings is 1. The van der Waals surface area contributed by atoms with Crippen LogP contribution < -0.4 is 5.84 Å². The van der Waals surface area contributed by atoms with Crippen LogP contribution in [-0.2, 0) is 17.6 Å². The zero-order valence-electron chi connectivity index (χ0n) is 18.7. The molecule has 1 aromatic carbocycles. The Labute approximate surface area is 186 Å². The molecule has 0 bridgehead atoms. The van der Waals surface area contributed by atoms with Crippen molar-refractivity contribution in [3.63, 3.8) is 0 Å². The molecule has 0 radical (unpaired) electrons. The smallest absolute Gasteiger partial charge is 0.435 e. The highest BCUT2D eigenvalue weighted by atomic mass is 16.6. The first-order valence-corrected chi connectivity index (χ1v) is 11.2. The van der Waals surface area contributed by atoms with Crippen molar-refractivity contribution < 1.29 is 14.3 Å². The molecular weight excluding hydrogens is 406 g/mol. The van der Waals surface area contributed by atoms with E-state index in [2.05, 4.69) is 10.00 Å². The SMILES string of the molecule is CC(C)(C)OC(=O)n1cc2c(n1)CCC(N(C(=O)c1cccc3c1ccn3N)C1CC1)C2. The minimum atomic E-state index is -0.579. The van der Waals surface area contributed by atoms with Crippen molar-refractivity contribution >= 4 is 22.9 Å². The zero-order chi connectivity index (χ0) is 22.6. The van der Waals surface area contributed by atoms with Gasteiger partial charge in [-0.15, -0.1) is 0 Å². The van der Waals surface area contributed by atoms with Gasteiger partial charge < -0.3 is 15.5 Å². The van der Waals surface area contributed by atoms with Gasteiger partial charge in [0.2, 0.25) is 0 Å². The quantitative estimate of drug-likeness (QED) is 0.636. The first-order chi connectivity index (χ1) is 15.2. The molecule has 8 nitrogen and oxygen atoms in total. The number of hydrogen-bond donors (Lipinski definition) is 1. The lowest BCUT2D eigenvalue weighted by molar-refractivity contribution is 0.0513. The van der Waals surface area contributed by atoms with Gasteiger partial charge in [0.1, 0.15) is 5.60 Å². The van der Waals surface area contributed by atoms with E-state index >= 15 is 0 Å². The van der Waals surface area contributed by atoms with Crippen LogP contribution in [0.4, 0.5) is 4.79 Å². The zero-order valence-corrected chi connectivity index (χ0v) is 18.7. The summed E-state index contributed by atoms with van der Waals surface area (Å²) in [5, 5.41) is 5.33. The molecule has 32 heavy (non-hydrogen) atoms. The second-order valence-electron chi connectivity index (χ2n) is 9.83. The van der Waals surface area contributed by atoms with Gasteiger partial charge in [-0.25, -0.2) is 4.79 Å². The van der Waals surface area contributed by atoms with Crippen LogP contribution in [0.25, 0.3) is 10.9 Å². The van der Waals surface area contributed by atoms with E-state index in [1.165, 1.54) is 4.68 Å². The second kappa shape index (κ2) is 7.39. The summed E-state index contributed by atoms with van der Waals surface area (Å²) >= 11 is 0. The van der Waals surface area contributed by atoms with E-state index in [1.54, 1.807) is 17.1 Å². The molecule has 0 saturated heterocycles. The fourth-order valence-electron chi connectivity index (χ4n) is 4.62. The standard InChI is InChI=1S/C24H29N5O3/c1-24(2,3)32-23(31)28-14-15-13-17(9-10-20(15)26-28)29(16-7-8-16)22(30)19-5-4-6-21-18(19)11-12-27(21)25/h4-6,11-12,14,16-17H,7-10,13,25H2,1-3H3. The number of nitrogens with two attached hydrogens (primary N) is 1. The first-order valence-electron chi connectivity index (χ1n) is 11.2. The Morgan fingerprint density at radius 1 is 1.16 bits per heavy atom. The highest BCUT2D eigenvalue weighted by Crippen LogP contribution is 2.35. The van der Waals surface area contributed by atoms with Crippen LogP contribution >= 0.6 is 0 Å². The summed E-state index contributed by atoms with van der Waals surface area (Å²) in [4.78, 5) is 28.2. The van der Waals surface area contributed by atoms with Crippen molar-refractivity contribution in [3.8, 4) is 0 Å². The van der Waals surface area contributed by atoms with Crippen molar-refractivity contribution in [3.05, 3.63) is 53.5 Å². The number of carbonyl (C=O) groups is 2. The van der Waals surface area contributed by atoms with Crippen molar-refractivity contribution in [2.24, 2.45) is 0 Å². The normalized spacial score (nSPS) is 18.4. The average Bonchev–Trinajstić information content (AvgIpc) is 3.35. The van der Waals surface area contributed by atoms with Gasteiger partial charge in [0.15, 0.2) is 0 Å². The molecule has 2 aliphatic rings. The number of fused-ring (bicyclic) bond motifs is 2. The molecule has 3 aromatic rings. The minimum Gasteiger partial charge on any atom is -0.442 e. The summed E-state index contributed by atoms with van der Waals surface area (Å²) in [5.74, 6) is 6.05. The largest absolute Gasteiger partial charge is 0.442 e. The lowest BCUT2D eigenvalue weighted by Crippen LogP contribution is -2.44. The van der Waals surface area contributed by atoms with Gasteiger partial charge in [-0.05, 0) is 76.6 Å². The van der Waals surface area contributed by atoms with E-state index in [-0.39, 0.29) is 18.0 Å². The molecule has 2 N–H and O–H groups in total. The van der Waals surface area contributed by atoms with Crippen LogP contribution in [0.3, 0.4) is 0 Å². The maximum absolute atomic E-state index is 13.7. The summed E-state index contributed by atoms with van der Waals surface area (Å²) in [6, 6.07) is 7.94. The van der Waals surface area contributed by atoms with Crippen LogP contribution in [0.15, 0.2) is 36.7 Å². The maximum Gasteiger partial charge on any atom is 0.435 e. The molecule has 1 amide bonds. The summed E-state index contributed by atoms with van der Waals surface area (Å²) in [7, 11) is 0. The van der Waals surface area contributed by atoms with E-state index in [9.17, 15) is 9.59 Å². The van der Waals surface area contributed by atoms with E-state index in [1.807, 2.05) is 45.0 Å². The predicted octanol–water partition coefficient (Wildman–Crippen LogP) is 3.50. The fourth-order valence-corrected chi connectivity index (χ4v) is 4.62. The Bertz CT molecular complexity index is 1200. The molecule has 2 aliphatic carbocycles. The number of carbonyl (C=O) groups excluding carboxylic acids is 2. The van der Waals surface area contributed by atoms with E-state index in [0.29, 0.717) is 12.0 Å². The second-order valence-corrected chi connectivity index (χ2v) is 9.83. The summed E-state index contributed by atoms with van der Waals surface area (Å²) in [5.41, 5.74) is 2.88. The third-order valence-corrected chi connectivity index (χ3v) is 6.19. The molecule has 0 spiro atoms. The van der Waals surface area contributed by atoms with Crippen molar-refractivity contribution in [2.75, 3.05) is 5.84 Å². The molecule has 8 heteroatoms. The average molecular weight is 436 g/mol. The number of amides is 1. The Morgan fingerprint density at radius 3 is 2.66 bits per heavy atom. The van der Waals surface area contributed by atoms with Crippen LogP contribution in [0.5, 0.6) is 0 Å². The molecule has 1 saturated carbocycles. The number of hydrogen-bond acceptors (Lipinski definition) is 5. The maximum atomic E-state index is 13.7. The number of aryl methyl sites for hydroxylation is 1. The predicted molar refractivity (Wildman–Crippen MR) is 121 cm³/mol. The Kier molecular flexibility index (Phi) is 4.76. The van der Waals surface area contributed by atoms with Crippen LogP contribution in [0, 0.1) is 0 Å². The van der Waals surface area contributed by atoms with E-state index < -0.39 is 11.7 Å². The number of nitrogens with zero attached hydrogens (tertiary/aromatic N) is 4. The topological polar surface area (TPSA) is 95.4 Å². The summed E-state index contributed by atoms with van der Waals surface area (Å²) < 4.78 is 8.29. The van der Waals surface area contributed by atoms with Gasteiger partial charge in [-0.3, -0.25) is 9.47 Å². The summed E-state index contributed by atoms with van der Waals surface area (Å²) in [6.07, 6.45) is 7.37. The van der Waals surface area contributed by atoms with Crippen LogP contribution in [-0.4, -0.2) is 49.0 Å². The monoisotopic (exact) mass is 435 g/mol. The van der Waals surface area contributed by atoms with Gasteiger partial charge in [-0.1, -0.05) is 6.07 Å². The molecule has 0 aliphatic heterocycles. The molecule has 1 fully saturated rings. The first kappa shape index (κ1) is 20.6. The lowest BCUT2D eigenvalue weighted by atomic mass is 9.91. The van der Waals surface area contributed by atoms with Crippen LogP contribution in [0.1, 0.15) is 61.6 Å². The molecule has 5 rings (SSSR count). The molecular formula is C24H29N5O3. The van der Waals surface area contributed by atoms with Gasteiger partial charge >= 0.3 is 6.09 Å². The fraction of sp³-hybridized carbons (Fsp3) is 0.458. The molecule has 1 unspecified atom stereocenters. The number of rotatable bonds is 3. The van der Waals surface area contributed by atoms with E-state index in [0.717, 1.165) is 47.8 Å². The van der Waals surface area contributed by atoms with Crippen LogP contribution in [0.2, 0.25) is 0 Å². The van der Waals surface area contributed by atoms with Crippen molar-refractivity contribution in [2.45, 2.75) is 70.6 Å². The Morgan fingerprint density at radius 2 is 1.94 bits per heavy atom. The third kappa shape index (κ3) is 3.74. The number of nitrogen functional groups attached to an aromatic ring is 1. The molecule has 168 valence electrons. The van der Waals surface area contributed by atoms with E-state index in [4.69, 9.17) is 10.6 Å². The minimum absolute atomic E-state index is 0.0530. The third-order valence-electron chi connectivity index (χ3n) is 6.19. The Hall–Kier alpha value is -3.29. The van der Waals surface area contributed by atoms with Crippen molar-refractivity contribution in [1.82, 2.24) is 19.4 Å². The lowest BCUT2D eigenvalue weighted by Gasteiger charge is -2.34. The van der Waals surface area contributed by atoms with Gasteiger partial charge in [0, 0.05) is 35.4 Å². The van der Waals surface area contributed by atoms with Gasteiger partial charge in [0.25, 0.3) is 5.91 Å². The molecule has 1 atom stereocenters. The van der Waals surface area contributed by atoms with Gasteiger partial charge in [0.05, 0.1) is 11.2 Å². The van der Waals surface area contributed by atoms with Gasteiger partial charge in [-0.2, -0.15) is 9.78 Å². The highest BCUT2D eigenvalue weighted by molar-refractivity contribution is 6.07. The molecule has 2 aromatic heterocycles. The Balaban J connectivity index is 1.40.